The van der Waals surface area contributed by atoms with Gasteiger partial charge in [-0.2, -0.15) is 0 Å². The van der Waals surface area contributed by atoms with Gasteiger partial charge in [0.1, 0.15) is 29.3 Å². The van der Waals surface area contributed by atoms with Crippen LogP contribution in [-0.4, -0.2) is 47.6 Å². The molecule has 6 rings (SSSR count). The Labute approximate surface area is 352 Å². The summed E-state index contributed by atoms with van der Waals surface area (Å²) >= 11 is 8.17. The van der Waals surface area contributed by atoms with E-state index in [0.29, 0.717) is 11.5 Å². The van der Waals surface area contributed by atoms with Crippen LogP contribution in [0.4, 0.5) is 0 Å². The SMILES string of the molecule is Br.CSc1ccc(C(=O)CBr)cc1.CSc1ccc(C(=O)C[P+](c2ccccc2)(c2ccccc2)c2ccccc2)cc1.CSc1ccc(C(C)=O)cc1. The molecule has 0 fully saturated rings. The maximum Gasteiger partial charge on any atom is 0.201 e. The van der Waals surface area contributed by atoms with Crippen molar-refractivity contribution in [1.82, 2.24) is 0 Å². The number of thioether (sulfide) groups is 3. The second-order valence-corrected chi connectivity index (χ2v) is 18.4. The topological polar surface area (TPSA) is 51.2 Å². The monoisotopic (exact) mass is 917 g/mol. The van der Waals surface area contributed by atoms with E-state index >= 15 is 0 Å². The summed E-state index contributed by atoms with van der Waals surface area (Å²) in [6, 6.07) is 54.9. The largest absolute Gasteiger partial charge is 0.295 e. The summed E-state index contributed by atoms with van der Waals surface area (Å²) in [5, 5.41) is 4.09. The Morgan fingerprint density at radius 3 is 1.04 bits per heavy atom. The highest BCUT2D eigenvalue weighted by Gasteiger charge is 2.47. The number of rotatable bonds is 12. The highest BCUT2D eigenvalue weighted by Crippen LogP contribution is 2.55. The van der Waals surface area contributed by atoms with Gasteiger partial charge in [-0.15, -0.1) is 52.3 Å². The molecule has 0 unspecified atom stereocenters. The van der Waals surface area contributed by atoms with Crippen molar-refractivity contribution in [3.63, 3.8) is 0 Å². The van der Waals surface area contributed by atoms with E-state index in [1.807, 2.05) is 110 Å². The second-order valence-electron chi connectivity index (χ2n) is 11.7. The molecule has 0 saturated heterocycles. The lowest BCUT2D eigenvalue weighted by molar-refractivity contribution is 0.101. The maximum absolute atomic E-state index is 13.6. The van der Waals surface area contributed by atoms with Crippen molar-refractivity contribution in [2.24, 2.45) is 0 Å². The van der Waals surface area contributed by atoms with E-state index in [9.17, 15) is 14.4 Å². The Hall–Kier alpha value is -3.23. The zero-order valence-corrected chi connectivity index (χ0v) is 37.3. The Morgan fingerprint density at radius 1 is 0.463 bits per heavy atom. The van der Waals surface area contributed by atoms with Gasteiger partial charge < -0.3 is 0 Å². The van der Waals surface area contributed by atoms with Crippen molar-refractivity contribution in [3.8, 4) is 0 Å². The van der Waals surface area contributed by atoms with Gasteiger partial charge in [-0.3, -0.25) is 14.4 Å². The van der Waals surface area contributed by atoms with E-state index in [4.69, 9.17) is 0 Å². The number of Topliss-reactive ketones (excluding diaryl/α,β-unsaturated/α-hetero) is 3. The number of hydrogen-bond acceptors (Lipinski definition) is 6. The molecular weight excluding hydrogens is 875 g/mol. The summed E-state index contributed by atoms with van der Waals surface area (Å²) in [4.78, 5) is 39.1. The van der Waals surface area contributed by atoms with E-state index < -0.39 is 7.26 Å². The molecule has 0 saturated carbocycles. The lowest BCUT2D eigenvalue weighted by Gasteiger charge is -2.27. The van der Waals surface area contributed by atoms with Gasteiger partial charge in [0.25, 0.3) is 0 Å². The molecule has 0 aliphatic rings. The van der Waals surface area contributed by atoms with Gasteiger partial charge in [-0.05, 0) is 98.5 Å². The van der Waals surface area contributed by atoms with Crippen LogP contribution >= 0.6 is 75.5 Å². The van der Waals surface area contributed by atoms with Crippen LogP contribution in [0, 0.1) is 0 Å². The quantitative estimate of drug-likeness (QED) is 0.0528. The Morgan fingerprint density at radius 2 is 0.759 bits per heavy atom. The minimum Gasteiger partial charge on any atom is -0.295 e. The van der Waals surface area contributed by atoms with Gasteiger partial charge in [0, 0.05) is 31.4 Å². The molecule has 0 bridgehead atoms. The van der Waals surface area contributed by atoms with Crippen LogP contribution in [-0.2, 0) is 0 Å². The van der Waals surface area contributed by atoms with Crippen molar-refractivity contribution >= 4 is 109 Å². The number of carbonyl (C=O) groups is 3. The van der Waals surface area contributed by atoms with Gasteiger partial charge in [0.15, 0.2) is 11.6 Å². The maximum atomic E-state index is 13.6. The highest BCUT2D eigenvalue weighted by molar-refractivity contribution is 9.09. The van der Waals surface area contributed by atoms with Gasteiger partial charge in [0.2, 0.25) is 5.78 Å². The van der Waals surface area contributed by atoms with Crippen LogP contribution in [0.1, 0.15) is 38.0 Å². The summed E-state index contributed by atoms with van der Waals surface area (Å²) in [6.45, 7) is 1.58. The van der Waals surface area contributed by atoms with E-state index in [1.54, 1.807) is 42.2 Å². The van der Waals surface area contributed by atoms with Crippen LogP contribution in [0.25, 0.3) is 0 Å². The van der Waals surface area contributed by atoms with Crippen LogP contribution < -0.4 is 15.9 Å². The van der Waals surface area contributed by atoms with Gasteiger partial charge in [0.05, 0.1) is 5.33 Å². The molecule has 9 heteroatoms. The number of ketones is 3. The van der Waals surface area contributed by atoms with E-state index in [1.165, 1.54) is 30.6 Å². The molecule has 0 heterocycles. The van der Waals surface area contributed by atoms with Crippen LogP contribution in [0.2, 0.25) is 0 Å². The first-order valence-corrected chi connectivity index (χ1v) is 23.6. The first-order chi connectivity index (χ1) is 25.7. The molecule has 0 aliphatic carbocycles. The number of alkyl halides is 1. The van der Waals surface area contributed by atoms with E-state index in [2.05, 4.69) is 88.7 Å². The molecule has 6 aromatic carbocycles. The number of carbonyl (C=O) groups excluding carboxylic acids is 3. The van der Waals surface area contributed by atoms with Crippen molar-refractivity contribution in [3.05, 3.63) is 180 Å². The minimum atomic E-state index is -2.15. The fourth-order valence-corrected chi connectivity index (χ4v) is 11.2. The van der Waals surface area contributed by atoms with Crippen molar-refractivity contribution in [2.75, 3.05) is 30.3 Å². The zero-order chi connectivity index (χ0) is 38.1. The molecule has 6 aromatic rings. The third-order valence-electron chi connectivity index (χ3n) is 8.41. The predicted octanol–water partition coefficient (Wildman–Crippen LogP) is 11.8. The van der Waals surface area contributed by atoms with E-state index in [0.717, 1.165) is 16.7 Å². The van der Waals surface area contributed by atoms with Crippen molar-refractivity contribution in [2.45, 2.75) is 21.6 Å². The third-order valence-corrected chi connectivity index (χ3v) is 15.5. The molecule has 0 aliphatic heterocycles. The fraction of sp³-hybridized carbons (Fsp3) is 0.133. The lowest BCUT2D eigenvalue weighted by Crippen LogP contribution is -2.35. The van der Waals surface area contributed by atoms with Crippen LogP contribution in [0.15, 0.2) is 178 Å². The highest BCUT2D eigenvalue weighted by atomic mass is 79.9. The van der Waals surface area contributed by atoms with Crippen molar-refractivity contribution < 1.29 is 14.4 Å². The predicted molar refractivity (Wildman–Crippen MR) is 247 cm³/mol. The van der Waals surface area contributed by atoms with Gasteiger partial charge in [-0.25, -0.2) is 0 Å². The van der Waals surface area contributed by atoms with E-state index in [-0.39, 0.29) is 34.3 Å². The minimum absolute atomic E-state index is 0. The Bertz CT molecular complexity index is 1930. The summed E-state index contributed by atoms with van der Waals surface area (Å²) in [5.41, 5.74) is 2.33. The summed E-state index contributed by atoms with van der Waals surface area (Å²) in [7, 11) is -2.15. The summed E-state index contributed by atoms with van der Waals surface area (Å²) in [6.07, 6.45) is 6.56. The second kappa shape index (κ2) is 23.6. The molecular formula is C45H44Br2O3PS3+. The first kappa shape index (κ1) is 45.2. The Kier molecular flexibility index (Phi) is 19.8. The normalized spacial score (nSPS) is 10.4. The number of hydrogen-bond donors (Lipinski definition) is 0. The first-order valence-electron chi connectivity index (χ1n) is 16.9. The number of benzene rings is 6. The molecule has 0 atom stereocenters. The average molecular weight is 920 g/mol. The standard InChI is InChI=1S/C27H24OPS.C9H9BrOS.C9H10OS.BrH/c1-30-26-19-17-22(18-20-26)27(28)21-29(23-11-5-2-6-12-23,24-13-7-3-8-14-24)25-15-9-4-10-16-25;1-12-8-4-2-7(3-5-8)9(11)6-10;1-7(10)8-3-5-9(11-2)6-4-8;/h2-20H,21H2,1H3;2-5H,6H2,1H3;3-6H,1-2H3;1H/q+1;;;. The third kappa shape index (κ3) is 12.7. The lowest BCUT2D eigenvalue weighted by atomic mass is 10.1. The summed E-state index contributed by atoms with van der Waals surface area (Å²) in [5.74, 6) is 0.438. The Balaban J connectivity index is 0.000000268. The average Bonchev–Trinajstić information content (AvgIpc) is 3.24. The smallest absolute Gasteiger partial charge is 0.201 e. The molecule has 278 valence electrons. The summed E-state index contributed by atoms with van der Waals surface area (Å²) < 4.78 is 0. The molecule has 0 amide bonds. The van der Waals surface area contributed by atoms with Crippen molar-refractivity contribution in [1.29, 1.82) is 0 Å². The molecule has 54 heavy (non-hydrogen) atoms. The van der Waals surface area contributed by atoms with Gasteiger partial charge >= 0.3 is 0 Å². The van der Waals surface area contributed by atoms with Gasteiger partial charge in [-0.1, -0.05) is 107 Å². The molecule has 0 radical (unpaired) electrons. The molecule has 0 aromatic heterocycles. The molecule has 0 N–H and O–H groups in total. The van der Waals surface area contributed by atoms with Crippen LogP contribution in [0.3, 0.4) is 0 Å². The molecule has 3 nitrogen and oxygen atoms in total. The van der Waals surface area contributed by atoms with Crippen LogP contribution in [0.5, 0.6) is 0 Å². The molecule has 0 spiro atoms. The fourth-order valence-electron chi connectivity index (χ4n) is 5.53. The number of halogens is 2. The zero-order valence-electron chi connectivity index (χ0n) is 30.7.